The van der Waals surface area contributed by atoms with Gasteiger partial charge in [-0.05, 0) is 56.7 Å². The van der Waals surface area contributed by atoms with Crippen molar-refractivity contribution in [3.63, 3.8) is 0 Å². The predicted octanol–water partition coefficient (Wildman–Crippen LogP) is 2.50. The van der Waals surface area contributed by atoms with Crippen molar-refractivity contribution >= 4 is 6.03 Å². The van der Waals surface area contributed by atoms with Crippen LogP contribution in [0.1, 0.15) is 36.2 Å². The monoisotopic (exact) mass is 357 g/mol. The lowest BCUT2D eigenvalue weighted by molar-refractivity contribution is 0.122. The zero-order valence-electron chi connectivity index (χ0n) is 15.5. The van der Waals surface area contributed by atoms with Crippen LogP contribution in [-0.2, 0) is 11.3 Å². The number of hydrogen-bond donors (Lipinski definition) is 2. The standard InChI is InChI=1S/C19H27N5O2/c1-14-10-15(2)24(23-14)18-7-6-17(11-21-18)12-22-19(25)20-8-3-9-26-13-16-4-5-16/h6-7,10-11,16H,3-5,8-9,12-13H2,1-2H3,(H2,20,22,25). The number of carbonyl (C=O) groups is 1. The lowest BCUT2D eigenvalue weighted by Gasteiger charge is -2.09. The molecule has 2 heterocycles. The average molecular weight is 357 g/mol. The Morgan fingerprint density at radius 3 is 2.81 bits per heavy atom. The quantitative estimate of drug-likeness (QED) is 0.676. The maximum absolute atomic E-state index is 11.8. The molecule has 0 spiro atoms. The van der Waals surface area contributed by atoms with Crippen molar-refractivity contribution in [3.05, 3.63) is 41.3 Å². The van der Waals surface area contributed by atoms with E-state index >= 15 is 0 Å². The molecule has 7 nitrogen and oxygen atoms in total. The van der Waals surface area contributed by atoms with Gasteiger partial charge in [-0.2, -0.15) is 5.10 Å². The first-order valence-electron chi connectivity index (χ1n) is 9.20. The highest BCUT2D eigenvalue weighted by Gasteiger charge is 2.20. The maximum Gasteiger partial charge on any atom is 0.315 e. The van der Waals surface area contributed by atoms with Crippen molar-refractivity contribution in [1.29, 1.82) is 0 Å². The molecule has 0 radical (unpaired) electrons. The van der Waals surface area contributed by atoms with E-state index in [9.17, 15) is 4.79 Å². The second-order valence-electron chi connectivity index (χ2n) is 6.84. The minimum Gasteiger partial charge on any atom is -0.381 e. The van der Waals surface area contributed by atoms with Gasteiger partial charge in [-0.1, -0.05) is 6.07 Å². The van der Waals surface area contributed by atoms with E-state index in [2.05, 4.69) is 20.7 Å². The van der Waals surface area contributed by atoms with Gasteiger partial charge in [0.2, 0.25) is 0 Å². The number of amides is 2. The summed E-state index contributed by atoms with van der Waals surface area (Å²) in [4.78, 5) is 16.2. The molecule has 140 valence electrons. The van der Waals surface area contributed by atoms with E-state index in [0.29, 0.717) is 19.7 Å². The molecule has 1 aliphatic rings. The van der Waals surface area contributed by atoms with Crippen LogP contribution in [-0.4, -0.2) is 40.6 Å². The molecule has 1 saturated carbocycles. The molecule has 0 aromatic carbocycles. The lowest BCUT2D eigenvalue weighted by Crippen LogP contribution is -2.35. The molecule has 0 saturated heterocycles. The fraction of sp³-hybridized carbons (Fsp3) is 0.526. The average Bonchev–Trinajstić information content (AvgIpc) is 3.39. The van der Waals surface area contributed by atoms with Crippen LogP contribution >= 0.6 is 0 Å². The van der Waals surface area contributed by atoms with Crippen molar-refractivity contribution in [2.24, 2.45) is 5.92 Å². The highest BCUT2D eigenvalue weighted by molar-refractivity contribution is 5.73. The van der Waals surface area contributed by atoms with Crippen molar-refractivity contribution < 1.29 is 9.53 Å². The fourth-order valence-electron chi connectivity index (χ4n) is 2.66. The second kappa shape index (κ2) is 8.80. The number of rotatable bonds is 9. The van der Waals surface area contributed by atoms with Crippen LogP contribution in [0.3, 0.4) is 0 Å². The first-order chi connectivity index (χ1) is 12.6. The van der Waals surface area contributed by atoms with Gasteiger partial charge in [0.1, 0.15) is 0 Å². The van der Waals surface area contributed by atoms with Gasteiger partial charge in [0, 0.05) is 38.2 Å². The van der Waals surface area contributed by atoms with Crippen LogP contribution in [0.25, 0.3) is 5.82 Å². The maximum atomic E-state index is 11.8. The van der Waals surface area contributed by atoms with Gasteiger partial charge in [-0.15, -0.1) is 0 Å². The Hall–Kier alpha value is -2.41. The molecular formula is C19H27N5O2. The highest BCUT2D eigenvalue weighted by Crippen LogP contribution is 2.28. The SMILES string of the molecule is Cc1cc(C)n(-c2ccc(CNC(=O)NCCCOCC3CC3)cn2)n1. The van der Waals surface area contributed by atoms with E-state index in [-0.39, 0.29) is 6.03 Å². The zero-order valence-corrected chi connectivity index (χ0v) is 15.5. The summed E-state index contributed by atoms with van der Waals surface area (Å²) < 4.78 is 7.35. The number of hydrogen-bond acceptors (Lipinski definition) is 4. The third-order valence-electron chi connectivity index (χ3n) is 4.29. The number of aromatic nitrogens is 3. The van der Waals surface area contributed by atoms with Crippen molar-refractivity contribution in [3.8, 4) is 5.82 Å². The second-order valence-corrected chi connectivity index (χ2v) is 6.84. The summed E-state index contributed by atoms with van der Waals surface area (Å²) >= 11 is 0. The Labute approximate surface area is 154 Å². The molecule has 2 amide bonds. The molecule has 7 heteroatoms. The predicted molar refractivity (Wildman–Crippen MR) is 99.2 cm³/mol. The Bertz CT molecular complexity index is 722. The molecular weight excluding hydrogens is 330 g/mol. The van der Waals surface area contributed by atoms with Crippen molar-refractivity contribution in [2.75, 3.05) is 19.8 Å². The van der Waals surface area contributed by atoms with E-state index in [1.54, 1.807) is 6.20 Å². The van der Waals surface area contributed by atoms with E-state index in [0.717, 1.165) is 41.7 Å². The summed E-state index contributed by atoms with van der Waals surface area (Å²) in [6, 6.07) is 5.70. The number of nitrogens with zero attached hydrogens (tertiary/aromatic N) is 3. The van der Waals surface area contributed by atoms with Gasteiger partial charge in [-0.25, -0.2) is 14.5 Å². The summed E-state index contributed by atoms with van der Waals surface area (Å²) in [5.74, 6) is 1.56. The Balaban J connectivity index is 1.34. The topological polar surface area (TPSA) is 81.1 Å². The van der Waals surface area contributed by atoms with Crippen LogP contribution < -0.4 is 10.6 Å². The third kappa shape index (κ3) is 5.56. The molecule has 2 N–H and O–H groups in total. The number of urea groups is 1. The largest absolute Gasteiger partial charge is 0.381 e. The molecule has 26 heavy (non-hydrogen) atoms. The number of aryl methyl sites for hydroxylation is 2. The first-order valence-corrected chi connectivity index (χ1v) is 9.20. The number of carbonyl (C=O) groups excluding carboxylic acids is 1. The number of nitrogens with one attached hydrogen (secondary N) is 2. The summed E-state index contributed by atoms with van der Waals surface area (Å²) in [6.45, 7) is 6.58. The third-order valence-corrected chi connectivity index (χ3v) is 4.29. The van der Waals surface area contributed by atoms with Crippen LogP contribution in [0.4, 0.5) is 4.79 Å². The van der Waals surface area contributed by atoms with Crippen LogP contribution in [0.2, 0.25) is 0 Å². The molecule has 2 aromatic heterocycles. The highest BCUT2D eigenvalue weighted by atomic mass is 16.5. The normalized spacial score (nSPS) is 13.6. The van der Waals surface area contributed by atoms with E-state index < -0.39 is 0 Å². The van der Waals surface area contributed by atoms with Gasteiger partial charge < -0.3 is 15.4 Å². The summed E-state index contributed by atoms with van der Waals surface area (Å²) in [6.07, 6.45) is 5.20. The lowest BCUT2D eigenvalue weighted by atomic mass is 10.3. The van der Waals surface area contributed by atoms with Crippen LogP contribution in [0.15, 0.2) is 24.4 Å². The minimum absolute atomic E-state index is 0.171. The van der Waals surface area contributed by atoms with E-state index in [1.165, 1.54) is 12.8 Å². The van der Waals surface area contributed by atoms with Crippen LogP contribution in [0, 0.1) is 19.8 Å². The summed E-state index contributed by atoms with van der Waals surface area (Å²) in [7, 11) is 0. The fourth-order valence-corrected chi connectivity index (χ4v) is 2.66. The van der Waals surface area contributed by atoms with E-state index in [4.69, 9.17) is 4.74 Å². The number of pyridine rings is 1. The van der Waals surface area contributed by atoms with Crippen LogP contribution in [0.5, 0.6) is 0 Å². The van der Waals surface area contributed by atoms with Crippen molar-refractivity contribution in [1.82, 2.24) is 25.4 Å². The first kappa shape index (κ1) is 18.4. The van der Waals surface area contributed by atoms with Gasteiger partial charge in [0.15, 0.2) is 5.82 Å². The molecule has 0 bridgehead atoms. The molecule has 3 rings (SSSR count). The van der Waals surface area contributed by atoms with Gasteiger partial charge in [0.05, 0.1) is 5.69 Å². The Morgan fingerprint density at radius 2 is 2.15 bits per heavy atom. The zero-order chi connectivity index (χ0) is 18.4. The summed E-state index contributed by atoms with van der Waals surface area (Å²) in [5, 5.41) is 10.1. The molecule has 1 fully saturated rings. The minimum atomic E-state index is -0.171. The number of ether oxygens (including phenoxy) is 1. The molecule has 2 aromatic rings. The van der Waals surface area contributed by atoms with E-state index in [1.807, 2.05) is 36.7 Å². The smallest absolute Gasteiger partial charge is 0.315 e. The Kier molecular flexibility index (Phi) is 6.22. The molecule has 0 atom stereocenters. The molecule has 0 unspecified atom stereocenters. The van der Waals surface area contributed by atoms with Gasteiger partial charge in [-0.3, -0.25) is 0 Å². The van der Waals surface area contributed by atoms with Crippen molar-refractivity contribution in [2.45, 2.75) is 39.7 Å². The molecule has 1 aliphatic carbocycles. The summed E-state index contributed by atoms with van der Waals surface area (Å²) in [5.41, 5.74) is 2.95. The Morgan fingerprint density at radius 1 is 1.31 bits per heavy atom. The molecule has 0 aliphatic heterocycles. The van der Waals surface area contributed by atoms with Gasteiger partial charge >= 0.3 is 6.03 Å². The van der Waals surface area contributed by atoms with Gasteiger partial charge in [0.25, 0.3) is 0 Å².